The fraction of sp³-hybridized carbons (Fsp3) is 0.481. The molecule has 1 N–H and O–H groups in total. The van der Waals surface area contributed by atoms with Gasteiger partial charge in [0.25, 0.3) is 5.91 Å². The van der Waals surface area contributed by atoms with Crippen molar-refractivity contribution in [2.45, 2.75) is 60.1 Å². The first-order chi connectivity index (χ1) is 16.8. The Labute approximate surface area is 211 Å². The van der Waals surface area contributed by atoms with Crippen molar-refractivity contribution in [3.63, 3.8) is 0 Å². The average molecular weight is 496 g/mol. The van der Waals surface area contributed by atoms with Crippen LogP contribution in [0.4, 0.5) is 4.39 Å². The summed E-state index contributed by atoms with van der Waals surface area (Å²) >= 11 is 1.68. The summed E-state index contributed by atoms with van der Waals surface area (Å²) in [6.07, 6.45) is 1.53. The number of alkyl halides is 1. The second kappa shape index (κ2) is 11.6. The number of rotatable bonds is 3. The molecule has 5 rings (SSSR count). The van der Waals surface area contributed by atoms with Crippen LogP contribution in [0.5, 0.6) is 0 Å². The number of amides is 1. The normalized spacial score (nSPS) is 20.6. The van der Waals surface area contributed by atoms with Gasteiger partial charge in [-0.05, 0) is 51.8 Å². The molecule has 1 aromatic carbocycles. The van der Waals surface area contributed by atoms with Crippen LogP contribution in [0.3, 0.4) is 0 Å². The van der Waals surface area contributed by atoms with Crippen molar-refractivity contribution >= 4 is 38.9 Å². The van der Waals surface area contributed by atoms with Gasteiger partial charge >= 0.3 is 0 Å². The van der Waals surface area contributed by atoms with Gasteiger partial charge in [-0.1, -0.05) is 31.9 Å². The lowest BCUT2D eigenvalue weighted by atomic mass is 9.97. The van der Waals surface area contributed by atoms with Crippen LogP contribution in [-0.2, 0) is 4.79 Å². The molecular weight excluding hydrogens is 461 g/mol. The van der Waals surface area contributed by atoms with Crippen molar-refractivity contribution in [1.29, 1.82) is 0 Å². The molecule has 2 unspecified atom stereocenters. The molecule has 2 aliphatic heterocycles. The van der Waals surface area contributed by atoms with Crippen molar-refractivity contribution in [3.05, 3.63) is 41.0 Å². The Morgan fingerprint density at radius 2 is 1.97 bits per heavy atom. The number of aromatic nitrogens is 1. The van der Waals surface area contributed by atoms with Gasteiger partial charge in [0, 0.05) is 43.1 Å². The highest BCUT2D eigenvalue weighted by molar-refractivity contribution is 7.16. The number of para-hydroxylation sites is 1. The molecule has 2 atom stereocenters. The van der Waals surface area contributed by atoms with E-state index in [1.165, 1.54) is 18.5 Å². The Morgan fingerprint density at radius 1 is 1.23 bits per heavy atom. The van der Waals surface area contributed by atoms with Gasteiger partial charge in [-0.15, -0.1) is 16.4 Å². The van der Waals surface area contributed by atoms with Crippen molar-refractivity contribution in [2.24, 2.45) is 22.0 Å². The molecule has 3 aliphatic rings. The van der Waals surface area contributed by atoms with Gasteiger partial charge in [0.15, 0.2) is 0 Å². The Morgan fingerprint density at radius 3 is 2.63 bits per heavy atom. The van der Waals surface area contributed by atoms with E-state index in [4.69, 9.17) is 0 Å². The molecule has 1 aliphatic carbocycles. The number of carbonyl (C=O) groups excluding carboxylic acids is 1. The highest BCUT2D eigenvalue weighted by Gasteiger charge is 2.53. The molecule has 1 fully saturated rings. The molecule has 35 heavy (non-hydrogen) atoms. The van der Waals surface area contributed by atoms with Crippen molar-refractivity contribution in [3.8, 4) is 12.0 Å². The van der Waals surface area contributed by atoms with Crippen molar-refractivity contribution in [1.82, 2.24) is 15.2 Å². The minimum absolute atomic E-state index is 0.0368. The molecule has 0 bridgehead atoms. The van der Waals surface area contributed by atoms with Crippen molar-refractivity contribution in [2.75, 3.05) is 13.1 Å². The van der Waals surface area contributed by atoms with Gasteiger partial charge in [-0.3, -0.25) is 4.79 Å². The number of nitrogens with one attached hydrogen (secondary N) is 1. The maximum atomic E-state index is 14.1. The number of hydrogen-bond donors (Lipinski definition) is 1. The summed E-state index contributed by atoms with van der Waals surface area (Å²) < 4.78 is 15.4. The van der Waals surface area contributed by atoms with E-state index in [0.717, 1.165) is 29.6 Å². The summed E-state index contributed by atoms with van der Waals surface area (Å²) in [5.74, 6) is 2.82. The van der Waals surface area contributed by atoms with E-state index in [-0.39, 0.29) is 17.7 Å². The molecule has 1 aromatic heterocycles. The summed E-state index contributed by atoms with van der Waals surface area (Å²) in [6, 6.07) is 11.0. The lowest BCUT2D eigenvalue weighted by Gasteiger charge is -2.30. The van der Waals surface area contributed by atoms with E-state index in [1.807, 2.05) is 44.5 Å². The van der Waals surface area contributed by atoms with Gasteiger partial charge < -0.3 is 10.2 Å². The fourth-order valence-corrected chi connectivity index (χ4v) is 4.86. The molecule has 2 aromatic rings. The first-order valence-corrected chi connectivity index (χ1v) is 13.0. The van der Waals surface area contributed by atoms with E-state index in [2.05, 4.69) is 38.5 Å². The van der Waals surface area contributed by atoms with Crippen LogP contribution >= 0.6 is 11.3 Å². The largest absolute Gasteiger partial charge is 0.333 e. The number of halogens is 1. The first kappa shape index (κ1) is 26.6. The number of nitrogens with zero attached hydrogens (tertiary/aromatic N) is 4. The van der Waals surface area contributed by atoms with Gasteiger partial charge in [0.2, 0.25) is 0 Å². The van der Waals surface area contributed by atoms with Gasteiger partial charge in [-0.25, -0.2) is 9.37 Å². The highest BCUT2D eigenvalue weighted by Crippen LogP contribution is 2.46. The second-order valence-corrected chi connectivity index (χ2v) is 9.83. The Balaban J connectivity index is 0.000000257. The maximum absolute atomic E-state index is 14.1. The minimum Gasteiger partial charge on any atom is -0.333 e. The zero-order valence-corrected chi connectivity index (χ0v) is 22.2. The molecule has 0 spiro atoms. The van der Waals surface area contributed by atoms with E-state index in [1.54, 1.807) is 23.2 Å². The maximum Gasteiger partial charge on any atom is 0.270 e. The van der Waals surface area contributed by atoms with E-state index < -0.39 is 5.67 Å². The summed E-state index contributed by atoms with van der Waals surface area (Å²) in [5, 5.41) is 11.2. The average Bonchev–Trinajstić information content (AvgIpc) is 3.51. The topological polar surface area (TPSA) is 70.0 Å². The molecule has 6 nitrogen and oxygen atoms in total. The monoisotopic (exact) mass is 495 g/mol. The number of benzene rings is 1. The predicted molar refractivity (Wildman–Crippen MR) is 143 cm³/mol. The number of carbonyl (C=O) groups is 1. The molecule has 8 heteroatoms. The fourth-order valence-electron chi connectivity index (χ4n) is 4.18. The van der Waals surface area contributed by atoms with Crippen LogP contribution in [-0.4, -0.2) is 46.0 Å². The van der Waals surface area contributed by atoms with Crippen LogP contribution in [0.15, 0.2) is 51.2 Å². The van der Waals surface area contributed by atoms with Crippen LogP contribution < -0.4 is 5.32 Å². The Bertz CT molecular complexity index is 1180. The molecular formula is C27H34FN5OS. The lowest BCUT2D eigenvalue weighted by molar-refractivity contribution is -0.124. The SMILES string of the molecule is CC.CC#CNC1=C(C)CN(C(=O)C2=NN=C(C(C)(C)F)C3CC23)CC1.c1ccc2scnc2c1. The molecule has 3 heterocycles. The summed E-state index contributed by atoms with van der Waals surface area (Å²) in [5.41, 5.74) is 4.66. The van der Waals surface area contributed by atoms with E-state index >= 15 is 0 Å². The number of hydrogen-bond acceptors (Lipinski definition) is 6. The van der Waals surface area contributed by atoms with Gasteiger partial charge in [0.05, 0.1) is 21.4 Å². The number of fused-ring (bicyclic) bond motifs is 2. The first-order valence-electron chi connectivity index (χ1n) is 12.1. The van der Waals surface area contributed by atoms with Gasteiger partial charge in [0.1, 0.15) is 11.4 Å². The van der Waals surface area contributed by atoms with Crippen LogP contribution in [0.25, 0.3) is 10.2 Å². The highest BCUT2D eigenvalue weighted by atomic mass is 32.1. The van der Waals surface area contributed by atoms with E-state index in [0.29, 0.717) is 24.5 Å². The quantitative estimate of drug-likeness (QED) is 0.446. The molecule has 0 radical (unpaired) electrons. The zero-order chi connectivity index (χ0) is 25.6. The summed E-state index contributed by atoms with van der Waals surface area (Å²) in [7, 11) is 0. The molecule has 1 saturated carbocycles. The molecule has 186 valence electrons. The summed E-state index contributed by atoms with van der Waals surface area (Å²) in [6.45, 7) is 12.0. The Kier molecular flexibility index (Phi) is 8.79. The standard InChI is InChI=1S/C18H23FN4O.C7H5NS.C2H6/c1-5-7-20-14-6-8-23(10-11(14)2)17(24)15-12-9-13(12)16(22-21-15)18(3,4)19;1-2-4-7-6(3-1)8-5-9-7;1-2/h12-13,20H,6,8-10H2,1-4H3;1-5H;1-2H3. The smallest absolute Gasteiger partial charge is 0.270 e. The third-order valence-electron chi connectivity index (χ3n) is 6.02. The third-order valence-corrected chi connectivity index (χ3v) is 6.83. The third kappa shape index (κ3) is 6.34. The summed E-state index contributed by atoms with van der Waals surface area (Å²) in [4.78, 5) is 18.7. The lowest BCUT2D eigenvalue weighted by Crippen LogP contribution is -2.43. The molecule has 1 amide bonds. The van der Waals surface area contributed by atoms with Gasteiger partial charge in [-0.2, -0.15) is 5.10 Å². The predicted octanol–water partition coefficient (Wildman–Crippen LogP) is 5.58. The van der Waals surface area contributed by atoms with E-state index in [9.17, 15) is 9.18 Å². The molecule has 0 saturated heterocycles. The second-order valence-electron chi connectivity index (χ2n) is 8.95. The van der Waals surface area contributed by atoms with Crippen LogP contribution in [0, 0.1) is 23.8 Å². The zero-order valence-electron chi connectivity index (χ0n) is 21.4. The Hall–Kier alpha value is -3.05. The van der Waals surface area contributed by atoms with Crippen molar-refractivity contribution < 1.29 is 9.18 Å². The van der Waals surface area contributed by atoms with Crippen LogP contribution in [0.2, 0.25) is 0 Å². The minimum atomic E-state index is -1.47. The van der Waals surface area contributed by atoms with Crippen LogP contribution in [0.1, 0.15) is 54.4 Å². The number of thiazole rings is 1.